The van der Waals surface area contributed by atoms with Crippen LogP contribution in [0.15, 0.2) is 66.4 Å². The number of hydrogen-bond donors (Lipinski definition) is 1. The van der Waals surface area contributed by atoms with Crippen LogP contribution in [0.25, 0.3) is 17.0 Å². The maximum Gasteiger partial charge on any atom is 0.331 e. The second-order valence-electron chi connectivity index (χ2n) is 8.50. The Balaban J connectivity index is 1.53. The molecule has 6 heteroatoms. The molecule has 2 fully saturated rings. The summed E-state index contributed by atoms with van der Waals surface area (Å²) in [5.41, 5.74) is 2.98. The molecule has 32 heavy (non-hydrogen) atoms. The molecule has 4 amide bonds. The number of fused-ring (bicyclic) bond motifs is 1. The minimum atomic E-state index is -0.632. The average Bonchev–Trinajstić information content (AvgIpc) is 3.15. The van der Waals surface area contributed by atoms with E-state index in [1.54, 1.807) is 6.08 Å². The van der Waals surface area contributed by atoms with Gasteiger partial charge in [0.05, 0.1) is 0 Å². The van der Waals surface area contributed by atoms with Crippen LogP contribution in [0.2, 0.25) is 0 Å². The molecular weight excluding hydrogens is 402 g/mol. The first-order valence-corrected chi connectivity index (χ1v) is 11.1. The number of imide groups is 2. The Morgan fingerprint density at radius 1 is 0.906 bits per heavy atom. The van der Waals surface area contributed by atoms with E-state index in [1.807, 2.05) is 48.7 Å². The molecule has 162 valence electrons. The molecule has 6 nitrogen and oxygen atoms in total. The van der Waals surface area contributed by atoms with Crippen LogP contribution in [0, 0.1) is 0 Å². The highest BCUT2D eigenvalue weighted by Crippen LogP contribution is 2.29. The molecule has 1 saturated heterocycles. The first-order chi connectivity index (χ1) is 15.6. The second kappa shape index (κ2) is 8.46. The van der Waals surface area contributed by atoms with Crippen molar-refractivity contribution in [1.29, 1.82) is 0 Å². The molecule has 0 atom stereocenters. The van der Waals surface area contributed by atoms with Gasteiger partial charge in [-0.1, -0.05) is 67.8 Å². The zero-order valence-corrected chi connectivity index (χ0v) is 17.8. The number of aromatic nitrogens is 1. The molecule has 1 aromatic heterocycles. The normalized spacial score (nSPS) is 19.1. The zero-order chi connectivity index (χ0) is 22.1. The highest BCUT2D eigenvalue weighted by molar-refractivity contribution is 6.31. The Labute approximate surface area is 186 Å². The first-order valence-electron chi connectivity index (χ1n) is 11.1. The van der Waals surface area contributed by atoms with Crippen molar-refractivity contribution >= 4 is 34.8 Å². The van der Waals surface area contributed by atoms with Gasteiger partial charge in [-0.15, -0.1) is 0 Å². The first kappa shape index (κ1) is 20.2. The van der Waals surface area contributed by atoms with E-state index in [4.69, 9.17) is 0 Å². The molecule has 1 N–H and O–H groups in total. The lowest BCUT2D eigenvalue weighted by Crippen LogP contribution is -2.58. The van der Waals surface area contributed by atoms with Gasteiger partial charge >= 0.3 is 6.03 Å². The summed E-state index contributed by atoms with van der Waals surface area (Å²) >= 11 is 0. The summed E-state index contributed by atoms with van der Waals surface area (Å²) in [4.78, 5) is 39.6. The summed E-state index contributed by atoms with van der Waals surface area (Å²) in [6, 6.07) is 17.3. The van der Waals surface area contributed by atoms with Crippen LogP contribution in [-0.4, -0.2) is 33.4 Å². The van der Waals surface area contributed by atoms with E-state index in [0.29, 0.717) is 6.54 Å². The average molecular weight is 428 g/mol. The number of amides is 4. The molecule has 5 rings (SSSR count). The van der Waals surface area contributed by atoms with Crippen LogP contribution in [0.5, 0.6) is 0 Å². The lowest BCUT2D eigenvalue weighted by molar-refractivity contribution is -0.132. The number of urea groups is 1. The molecule has 1 aliphatic heterocycles. The van der Waals surface area contributed by atoms with Gasteiger partial charge in [0.1, 0.15) is 5.57 Å². The number of para-hydroxylation sites is 1. The number of benzene rings is 2. The number of nitrogens with zero attached hydrogens (tertiary/aromatic N) is 2. The summed E-state index contributed by atoms with van der Waals surface area (Å²) in [5.74, 6) is -1.13. The molecule has 2 heterocycles. The molecular formula is C26H25N3O3. The van der Waals surface area contributed by atoms with Crippen LogP contribution >= 0.6 is 0 Å². The molecule has 2 aliphatic rings. The number of rotatable bonds is 4. The van der Waals surface area contributed by atoms with Crippen molar-refractivity contribution in [2.24, 2.45) is 0 Å². The molecule has 0 unspecified atom stereocenters. The summed E-state index contributed by atoms with van der Waals surface area (Å²) in [6.45, 7) is 0.678. The Hall–Kier alpha value is -3.67. The minimum absolute atomic E-state index is 0.0118. The lowest BCUT2D eigenvalue weighted by Gasteiger charge is -2.35. The third kappa shape index (κ3) is 3.73. The van der Waals surface area contributed by atoms with Crippen LogP contribution in [0.3, 0.4) is 0 Å². The standard InChI is InChI=1S/C26H25N3O3/c30-24-22(25(31)29(26(32)27-24)20-11-5-2-6-12-20)15-19-17-28(16-18-9-3-1-4-10-18)23-14-8-7-13-21(19)23/h1,3-4,7-10,13-15,17,20H,2,5-6,11-12,16H2,(H,27,30,32)/b22-15-. The Morgan fingerprint density at radius 2 is 1.62 bits per heavy atom. The lowest BCUT2D eigenvalue weighted by atomic mass is 9.93. The largest absolute Gasteiger partial charge is 0.342 e. The van der Waals surface area contributed by atoms with E-state index < -0.39 is 17.8 Å². The summed E-state index contributed by atoms with van der Waals surface area (Å²) < 4.78 is 2.12. The highest BCUT2D eigenvalue weighted by Gasteiger charge is 2.40. The van der Waals surface area contributed by atoms with Gasteiger partial charge in [-0.05, 0) is 30.5 Å². The fourth-order valence-electron chi connectivity index (χ4n) is 4.80. The van der Waals surface area contributed by atoms with Crippen molar-refractivity contribution in [3.63, 3.8) is 0 Å². The maximum atomic E-state index is 13.3. The van der Waals surface area contributed by atoms with Gasteiger partial charge in [-0.2, -0.15) is 0 Å². The summed E-state index contributed by atoms with van der Waals surface area (Å²) in [5, 5.41) is 3.33. The number of carbonyl (C=O) groups excluding carboxylic acids is 3. The summed E-state index contributed by atoms with van der Waals surface area (Å²) in [7, 11) is 0. The minimum Gasteiger partial charge on any atom is -0.342 e. The van der Waals surface area contributed by atoms with Gasteiger partial charge in [0.15, 0.2) is 0 Å². The number of nitrogens with one attached hydrogen (secondary N) is 1. The zero-order valence-electron chi connectivity index (χ0n) is 17.8. The fourth-order valence-corrected chi connectivity index (χ4v) is 4.80. The number of hydrogen-bond acceptors (Lipinski definition) is 3. The van der Waals surface area contributed by atoms with Crippen molar-refractivity contribution in [3.05, 3.63) is 77.5 Å². The van der Waals surface area contributed by atoms with E-state index in [-0.39, 0.29) is 11.6 Å². The van der Waals surface area contributed by atoms with E-state index in [2.05, 4.69) is 22.0 Å². The molecule has 1 aliphatic carbocycles. The van der Waals surface area contributed by atoms with Crippen molar-refractivity contribution in [2.45, 2.75) is 44.7 Å². The Kier molecular flexibility index (Phi) is 5.35. The van der Waals surface area contributed by atoms with Gasteiger partial charge < -0.3 is 4.57 Å². The van der Waals surface area contributed by atoms with Gasteiger partial charge in [0.2, 0.25) is 0 Å². The van der Waals surface area contributed by atoms with Crippen molar-refractivity contribution in [3.8, 4) is 0 Å². The van der Waals surface area contributed by atoms with Crippen LogP contribution < -0.4 is 5.32 Å². The van der Waals surface area contributed by atoms with Crippen LogP contribution in [-0.2, 0) is 16.1 Å². The molecule has 0 bridgehead atoms. The molecule has 3 aromatic rings. The van der Waals surface area contributed by atoms with Crippen molar-refractivity contribution in [2.75, 3.05) is 0 Å². The third-order valence-electron chi connectivity index (χ3n) is 6.39. The number of barbiturate groups is 1. The van der Waals surface area contributed by atoms with Gasteiger partial charge in [0, 0.05) is 35.2 Å². The predicted octanol–water partition coefficient (Wildman–Crippen LogP) is 4.48. The fraction of sp³-hybridized carbons (Fsp3) is 0.269. The van der Waals surface area contributed by atoms with E-state index in [0.717, 1.165) is 54.1 Å². The van der Waals surface area contributed by atoms with Gasteiger partial charge in [-0.3, -0.25) is 19.8 Å². The second-order valence-corrected chi connectivity index (χ2v) is 8.50. The van der Waals surface area contributed by atoms with Crippen molar-refractivity contribution in [1.82, 2.24) is 14.8 Å². The Morgan fingerprint density at radius 3 is 2.41 bits per heavy atom. The van der Waals surface area contributed by atoms with E-state index in [9.17, 15) is 14.4 Å². The quantitative estimate of drug-likeness (QED) is 0.493. The van der Waals surface area contributed by atoms with Gasteiger partial charge in [-0.25, -0.2) is 4.79 Å². The van der Waals surface area contributed by atoms with E-state index in [1.165, 1.54) is 4.90 Å². The SMILES string of the molecule is O=C1NC(=O)N(C2CCCCC2)C(=O)/C1=C\c1cn(Cc2ccccc2)c2ccccc12. The monoisotopic (exact) mass is 427 g/mol. The summed E-state index contributed by atoms with van der Waals surface area (Å²) in [6.07, 6.45) is 8.26. The topological polar surface area (TPSA) is 71.4 Å². The predicted molar refractivity (Wildman–Crippen MR) is 123 cm³/mol. The third-order valence-corrected chi connectivity index (χ3v) is 6.39. The number of carbonyl (C=O) groups is 3. The van der Waals surface area contributed by atoms with Gasteiger partial charge in [0.25, 0.3) is 11.8 Å². The highest BCUT2D eigenvalue weighted by atomic mass is 16.2. The smallest absolute Gasteiger partial charge is 0.331 e. The van der Waals surface area contributed by atoms with Crippen LogP contribution in [0.4, 0.5) is 4.79 Å². The molecule has 0 spiro atoms. The van der Waals surface area contributed by atoms with Crippen LogP contribution in [0.1, 0.15) is 43.2 Å². The molecule has 2 aromatic carbocycles. The van der Waals surface area contributed by atoms with E-state index >= 15 is 0 Å². The molecule has 0 radical (unpaired) electrons. The Bertz CT molecular complexity index is 1220. The molecule has 1 saturated carbocycles. The maximum absolute atomic E-state index is 13.3. The van der Waals surface area contributed by atoms with Crippen molar-refractivity contribution < 1.29 is 14.4 Å².